The maximum atomic E-state index is 11.0. The lowest BCUT2D eigenvalue weighted by molar-refractivity contribution is -0.136. The monoisotopic (exact) mass is 280 g/mol. The summed E-state index contributed by atoms with van der Waals surface area (Å²) in [5.74, 6) is -0.835. The number of nitrogens with zero attached hydrogens (tertiary/aromatic N) is 2. The van der Waals surface area contributed by atoms with Crippen LogP contribution in [-0.2, 0) is 27.2 Å². The molecule has 3 rings (SSSR count). The Balaban J connectivity index is 2.29. The van der Waals surface area contributed by atoms with Gasteiger partial charge in [0.25, 0.3) is 0 Å². The van der Waals surface area contributed by atoms with E-state index in [-0.39, 0.29) is 6.42 Å². The van der Waals surface area contributed by atoms with Gasteiger partial charge in [-0.3, -0.25) is 9.20 Å². The molecule has 1 N–H and O–H groups in total. The summed E-state index contributed by atoms with van der Waals surface area (Å²) in [5, 5.41) is 10.9. The topological polar surface area (TPSA) is 63.8 Å². The van der Waals surface area contributed by atoms with E-state index in [2.05, 4.69) is 4.98 Å². The second kappa shape index (κ2) is 3.58. The fourth-order valence-electron chi connectivity index (χ4n) is 2.90. The first-order valence-corrected chi connectivity index (χ1v) is 7.02. The molecule has 0 fully saturated rings. The van der Waals surface area contributed by atoms with Crippen molar-refractivity contribution in [2.75, 3.05) is 0 Å². The highest BCUT2D eigenvalue weighted by molar-refractivity contribution is 7.15. The largest absolute Gasteiger partial charge is 0.481 e. The molecular weight excluding hydrogens is 264 g/mol. The smallest absolute Gasteiger partial charge is 0.309 e. The van der Waals surface area contributed by atoms with Crippen LogP contribution in [-0.4, -0.2) is 20.5 Å². The van der Waals surface area contributed by atoms with Crippen molar-refractivity contribution in [2.45, 2.75) is 45.3 Å². The molecule has 0 aliphatic carbocycles. The minimum atomic E-state index is -0.835. The molecule has 102 valence electrons. The normalized spacial score (nSPS) is 19.8. The number of carboxylic acid groups (broad SMARTS) is 1. The maximum Gasteiger partial charge on any atom is 0.309 e. The minimum Gasteiger partial charge on any atom is -0.481 e. The molecular formula is C13H16N2O3S. The van der Waals surface area contributed by atoms with Gasteiger partial charge in [0, 0.05) is 11.1 Å². The molecule has 0 saturated carbocycles. The highest BCUT2D eigenvalue weighted by atomic mass is 32.1. The van der Waals surface area contributed by atoms with Crippen molar-refractivity contribution in [3.8, 4) is 0 Å². The first kappa shape index (κ1) is 12.6. The van der Waals surface area contributed by atoms with E-state index in [1.165, 1.54) is 11.3 Å². The van der Waals surface area contributed by atoms with E-state index in [4.69, 9.17) is 9.84 Å². The molecule has 19 heavy (non-hydrogen) atoms. The number of thiazole rings is 1. The van der Waals surface area contributed by atoms with E-state index in [1.54, 1.807) is 0 Å². The van der Waals surface area contributed by atoms with Crippen LogP contribution in [0.1, 0.15) is 44.8 Å². The summed E-state index contributed by atoms with van der Waals surface area (Å²) in [5.41, 5.74) is 1.74. The van der Waals surface area contributed by atoms with Gasteiger partial charge in [-0.2, -0.15) is 0 Å². The average molecular weight is 280 g/mol. The van der Waals surface area contributed by atoms with Gasteiger partial charge >= 0.3 is 5.97 Å². The lowest BCUT2D eigenvalue weighted by Gasteiger charge is -2.25. The van der Waals surface area contributed by atoms with Crippen molar-refractivity contribution >= 4 is 22.3 Å². The van der Waals surface area contributed by atoms with Crippen LogP contribution >= 0.6 is 11.3 Å². The average Bonchev–Trinajstić information content (AvgIpc) is 2.79. The predicted molar refractivity (Wildman–Crippen MR) is 71.5 cm³/mol. The summed E-state index contributed by atoms with van der Waals surface area (Å²) in [6.07, 6.45) is -0.000686. The number of rotatable bonds is 2. The van der Waals surface area contributed by atoms with Crippen LogP contribution in [0.3, 0.4) is 0 Å². The first-order valence-electron chi connectivity index (χ1n) is 6.14. The zero-order valence-corrected chi connectivity index (χ0v) is 12.2. The number of hydrogen-bond donors (Lipinski definition) is 1. The van der Waals surface area contributed by atoms with Crippen molar-refractivity contribution in [3.63, 3.8) is 0 Å². The van der Waals surface area contributed by atoms with Crippen molar-refractivity contribution < 1.29 is 14.6 Å². The van der Waals surface area contributed by atoms with Crippen LogP contribution in [0.25, 0.3) is 4.96 Å². The number of imidazole rings is 1. The Hall–Kier alpha value is -1.40. The molecule has 3 heterocycles. The summed E-state index contributed by atoms with van der Waals surface area (Å²) < 4.78 is 8.01. The van der Waals surface area contributed by atoms with Crippen LogP contribution in [0.4, 0.5) is 0 Å². The van der Waals surface area contributed by atoms with E-state index in [0.29, 0.717) is 0 Å². The summed E-state index contributed by atoms with van der Waals surface area (Å²) in [7, 11) is 0. The minimum absolute atomic E-state index is 0.000686. The number of carboxylic acids is 1. The second-order valence-electron chi connectivity index (χ2n) is 5.85. The summed E-state index contributed by atoms with van der Waals surface area (Å²) in [6, 6.07) is 0. The first-order chi connectivity index (χ1) is 8.72. The SMILES string of the molecule is CC1(C)OC(C)(C)c2c1nc1scc(CC(=O)O)n21. The number of ether oxygens (including phenoxy) is 1. The number of aliphatic carboxylic acids is 1. The number of fused-ring (bicyclic) bond motifs is 3. The highest BCUT2D eigenvalue weighted by Gasteiger charge is 2.47. The zero-order chi connectivity index (χ0) is 14.0. The molecule has 0 spiro atoms. The zero-order valence-electron chi connectivity index (χ0n) is 11.4. The van der Waals surface area contributed by atoms with Crippen molar-refractivity contribution in [3.05, 3.63) is 22.5 Å². The number of carbonyl (C=O) groups is 1. The highest BCUT2D eigenvalue weighted by Crippen LogP contribution is 2.47. The summed E-state index contributed by atoms with van der Waals surface area (Å²) in [4.78, 5) is 16.4. The van der Waals surface area contributed by atoms with E-state index in [1.807, 2.05) is 37.5 Å². The quantitative estimate of drug-likeness (QED) is 0.918. The summed E-state index contributed by atoms with van der Waals surface area (Å²) in [6.45, 7) is 7.98. The molecule has 2 aromatic rings. The molecule has 0 bridgehead atoms. The molecule has 5 nitrogen and oxygen atoms in total. The van der Waals surface area contributed by atoms with Gasteiger partial charge in [-0.05, 0) is 27.7 Å². The van der Waals surface area contributed by atoms with Gasteiger partial charge in [0.1, 0.15) is 11.2 Å². The predicted octanol–water partition coefficient (Wildman–Crippen LogP) is 2.52. The van der Waals surface area contributed by atoms with Gasteiger partial charge in [0.15, 0.2) is 4.96 Å². The molecule has 0 atom stereocenters. The van der Waals surface area contributed by atoms with Crippen LogP contribution in [0.15, 0.2) is 5.38 Å². The molecule has 0 aromatic carbocycles. The van der Waals surface area contributed by atoms with Crippen LogP contribution in [0.2, 0.25) is 0 Å². The molecule has 1 aliphatic heterocycles. The third-order valence-electron chi connectivity index (χ3n) is 3.42. The molecule has 1 aliphatic rings. The Kier molecular flexibility index (Phi) is 2.38. The Labute approximate surface area is 114 Å². The number of aromatic nitrogens is 2. The van der Waals surface area contributed by atoms with Crippen LogP contribution in [0.5, 0.6) is 0 Å². The molecule has 0 saturated heterocycles. The van der Waals surface area contributed by atoms with Crippen molar-refractivity contribution in [1.82, 2.24) is 9.38 Å². The fraction of sp³-hybridized carbons (Fsp3) is 0.538. The van der Waals surface area contributed by atoms with E-state index in [9.17, 15) is 4.79 Å². The standard InChI is InChI=1S/C13H16N2O3S/c1-12(2)9-10(13(3,4)18-12)15-7(5-8(16)17)6-19-11(15)14-9/h6H,5H2,1-4H3,(H,16,17). The third kappa shape index (κ3) is 1.70. The maximum absolute atomic E-state index is 11.0. The molecule has 6 heteroatoms. The van der Waals surface area contributed by atoms with Gasteiger partial charge in [0.2, 0.25) is 0 Å². The number of hydrogen-bond acceptors (Lipinski definition) is 4. The fourth-order valence-corrected chi connectivity index (χ4v) is 3.79. The Morgan fingerprint density at radius 2 is 2.11 bits per heavy atom. The van der Waals surface area contributed by atoms with Crippen LogP contribution in [0, 0.1) is 0 Å². The molecule has 0 radical (unpaired) electrons. The van der Waals surface area contributed by atoms with E-state index >= 15 is 0 Å². The van der Waals surface area contributed by atoms with Gasteiger partial charge in [0.05, 0.1) is 17.8 Å². The van der Waals surface area contributed by atoms with Crippen LogP contribution < -0.4 is 0 Å². The molecule has 0 unspecified atom stereocenters. The van der Waals surface area contributed by atoms with Crippen molar-refractivity contribution in [2.24, 2.45) is 0 Å². The Bertz CT molecular complexity index is 681. The third-order valence-corrected chi connectivity index (χ3v) is 4.29. The Morgan fingerprint density at radius 1 is 1.42 bits per heavy atom. The van der Waals surface area contributed by atoms with Gasteiger partial charge in [-0.1, -0.05) is 0 Å². The van der Waals surface area contributed by atoms with Gasteiger partial charge in [-0.15, -0.1) is 11.3 Å². The van der Waals surface area contributed by atoms with Crippen molar-refractivity contribution in [1.29, 1.82) is 0 Å². The summed E-state index contributed by atoms with van der Waals surface area (Å²) >= 11 is 1.47. The van der Waals surface area contributed by atoms with E-state index < -0.39 is 17.2 Å². The van der Waals surface area contributed by atoms with Gasteiger partial charge in [-0.25, -0.2) is 4.98 Å². The second-order valence-corrected chi connectivity index (χ2v) is 6.68. The lowest BCUT2D eigenvalue weighted by Crippen LogP contribution is -2.24. The Morgan fingerprint density at radius 3 is 2.74 bits per heavy atom. The molecule has 2 aromatic heterocycles. The lowest BCUT2D eigenvalue weighted by atomic mass is 10.0. The van der Waals surface area contributed by atoms with E-state index in [0.717, 1.165) is 22.0 Å². The molecule has 0 amide bonds. The van der Waals surface area contributed by atoms with Gasteiger partial charge < -0.3 is 9.84 Å².